The van der Waals surface area contributed by atoms with Gasteiger partial charge in [0.15, 0.2) is 11.5 Å². The number of hydrogen-bond donors (Lipinski definition) is 3. The molecule has 4 N–H and O–H groups in total. The van der Waals surface area contributed by atoms with Gasteiger partial charge in [0.05, 0.1) is 24.1 Å². The summed E-state index contributed by atoms with van der Waals surface area (Å²) in [5.74, 6) is 1.58. The van der Waals surface area contributed by atoms with Crippen molar-refractivity contribution in [3.63, 3.8) is 0 Å². The van der Waals surface area contributed by atoms with Crippen LogP contribution in [0.25, 0.3) is 10.9 Å². The van der Waals surface area contributed by atoms with Crippen LogP contribution >= 0.6 is 0 Å². The topological polar surface area (TPSA) is 146 Å². The van der Waals surface area contributed by atoms with E-state index >= 15 is 0 Å². The molecule has 0 aliphatic rings. The van der Waals surface area contributed by atoms with Crippen LogP contribution < -0.4 is 25.2 Å². The number of aryl methyl sites for hydroxylation is 1. The minimum atomic E-state index is -3.77. The second-order valence-corrected chi connectivity index (χ2v) is 10.2. The molecule has 4 rings (SSSR count). The number of methoxy groups -OCH3 is 1. The largest absolute Gasteiger partial charge is 0.493 e. The van der Waals surface area contributed by atoms with Crippen molar-refractivity contribution in [3.8, 4) is 11.5 Å². The van der Waals surface area contributed by atoms with E-state index in [0.29, 0.717) is 48.0 Å². The monoisotopic (exact) mass is 535 g/mol. The van der Waals surface area contributed by atoms with Crippen molar-refractivity contribution >= 4 is 44.0 Å². The number of amides is 1. The van der Waals surface area contributed by atoms with Gasteiger partial charge < -0.3 is 20.1 Å². The number of unbranched alkanes of at least 4 members (excludes halogenated alkanes) is 1. The third-order valence-corrected chi connectivity index (χ3v) is 6.69. The maximum atomic E-state index is 12.2. The number of fused-ring (bicyclic) bond motifs is 1. The molecule has 0 unspecified atom stereocenters. The number of nitrogens with two attached hydrogens (primary N) is 1. The van der Waals surface area contributed by atoms with Crippen LogP contribution in [0, 0.1) is 6.92 Å². The van der Waals surface area contributed by atoms with E-state index in [-0.39, 0.29) is 17.2 Å². The average molecular weight is 536 g/mol. The van der Waals surface area contributed by atoms with Gasteiger partial charge in [-0.1, -0.05) is 17.7 Å². The molecular weight excluding hydrogens is 506 g/mol. The fourth-order valence-electron chi connectivity index (χ4n) is 3.73. The average Bonchev–Trinajstić information content (AvgIpc) is 2.89. The predicted octanol–water partition coefficient (Wildman–Crippen LogP) is 4.53. The molecule has 1 amide bonds. The van der Waals surface area contributed by atoms with Crippen molar-refractivity contribution < 1.29 is 22.7 Å². The van der Waals surface area contributed by atoms with Gasteiger partial charge in [-0.15, -0.1) is 0 Å². The Morgan fingerprint density at radius 1 is 0.947 bits per heavy atom. The smallest absolute Gasteiger partial charge is 0.238 e. The molecule has 0 bridgehead atoms. The van der Waals surface area contributed by atoms with Gasteiger partial charge in [-0.05, 0) is 62.2 Å². The summed E-state index contributed by atoms with van der Waals surface area (Å²) in [7, 11) is -2.20. The first-order valence-corrected chi connectivity index (χ1v) is 13.5. The lowest BCUT2D eigenvalue weighted by molar-refractivity contribution is -0.116. The highest BCUT2D eigenvalue weighted by Crippen LogP contribution is 2.35. The van der Waals surface area contributed by atoms with Gasteiger partial charge in [-0.25, -0.2) is 23.5 Å². The lowest BCUT2D eigenvalue weighted by Crippen LogP contribution is -2.13. The van der Waals surface area contributed by atoms with Gasteiger partial charge in [-0.2, -0.15) is 0 Å². The van der Waals surface area contributed by atoms with Gasteiger partial charge in [0.2, 0.25) is 15.9 Å². The first-order valence-electron chi connectivity index (χ1n) is 11.9. The lowest BCUT2D eigenvalue weighted by atomic mass is 10.2. The van der Waals surface area contributed by atoms with Gasteiger partial charge in [0.1, 0.15) is 12.1 Å². The van der Waals surface area contributed by atoms with Crippen LogP contribution in [0.2, 0.25) is 0 Å². The second kappa shape index (κ2) is 11.9. The molecule has 0 aliphatic carbocycles. The second-order valence-electron chi connectivity index (χ2n) is 8.66. The first-order chi connectivity index (χ1) is 18.2. The summed E-state index contributed by atoms with van der Waals surface area (Å²) in [6, 6.07) is 17.4. The van der Waals surface area contributed by atoms with Crippen LogP contribution in [0.3, 0.4) is 0 Å². The standard InChI is InChI=1S/C27H29N5O5S/c1-18-6-8-20(9-7-18)32-27-22-15-25(24(36-2)16-23(22)29-17-30-27)37-14-4-3-5-26(33)31-19-10-12-21(13-11-19)38(28,34)35/h6-13,15-17H,3-5,14H2,1-2H3,(H,31,33)(H2,28,34,35)(H,29,30,32). The third kappa shape index (κ3) is 6.96. The molecule has 0 saturated heterocycles. The summed E-state index contributed by atoms with van der Waals surface area (Å²) in [5, 5.41) is 11.9. The number of sulfonamides is 1. The molecule has 0 aliphatic heterocycles. The van der Waals surface area contributed by atoms with E-state index in [4.69, 9.17) is 14.6 Å². The number of nitrogens with one attached hydrogen (secondary N) is 2. The Morgan fingerprint density at radius 3 is 2.34 bits per heavy atom. The van der Waals surface area contributed by atoms with Crippen LogP contribution in [0.1, 0.15) is 24.8 Å². The van der Waals surface area contributed by atoms with E-state index in [1.807, 2.05) is 37.3 Å². The molecule has 1 aromatic heterocycles. The summed E-state index contributed by atoms with van der Waals surface area (Å²) in [4.78, 5) is 21.0. The van der Waals surface area contributed by atoms with E-state index in [1.54, 1.807) is 13.2 Å². The molecule has 38 heavy (non-hydrogen) atoms. The fourth-order valence-corrected chi connectivity index (χ4v) is 4.25. The van der Waals surface area contributed by atoms with Crippen LogP contribution in [-0.2, 0) is 14.8 Å². The van der Waals surface area contributed by atoms with E-state index in [9.17, 15) is 13.2 Å². The summed E-state index contributed by atoms with van der Waals surface area (Å²) in [6.07, 6.45) is 3.02. The maximum Gasteiger partial charge on any atom is 0.238 e. The van der Waals surface area contributed by atoms with Gasteiger partial charge in [0, 0.05) is 29.2 Å². The molecule has 1 heterocycles. The van der Waals surface area contributed by atoms with Gasteiger partial charge >= 0.3 is 0 Å². The number of nitrogens with zero attached hydrogens (tertiary/aromatic N) is 2. The van der Waals surface area contributed by atoms with Crippen molar-refractivity contribution in [2.75, 3.05) is 24.4 Å². The number of ether oxygens (including phenoxy) is 2. The normalized spacial score (nSPS) is 11.2. The fraction of sp³-hybridized carbons (Fsp3) is 0.222. The highest BCUT2D eigenvalue weighted by Gasteiger charge is 2.13. The minimum absolute atomic E-state index is 0.0126. The molecule has 10 nitrogen and oxygen atoms in total. The Hall–Kier alpha value is -4.22. The highest BCUT2D eigenvalue weighted by molar-refractivity contribution is 7.89. The third-order valence-electron chi connectivity index (χ3n) is 5.76. The molecule has 0 radical (unpaired) electrons. The zero-order valence-corrected chi connectivity index (χ0v) is 21.9. The summed E-state index contributed by atoms with van der Waals surface area (Å²) in [5.41, 5.74) is 3.29. The Morgan fingerprint density at radius 2 is 1.66 bits per heavy atom. The molecule has 198 valence electrons. The number of anilines is 3. The maximum absolute atomic E-state index is 12.2. The molecule has 11 heteroatoms. The highest BCUT2D eigenvalue weighted by atomic mass is 32.2. The van der Waals surface area contributed by atoms with Gasteiger partial charge in [-0.3, -0.25) is 4.79 Å². The van der Waals surface area contributed by atoms with Crippen molar-refractivity contribution in [1.29, 1.82) is 0 Å². The SMILES string of the molecule is COc1cc2ncnc(Nc3ccc(C)cc3)c2cc1OCCCCC(=O)Nc1ccc(S(N)(=O)=O)cc1. The Balaban J connectivity index is 1.33. The molecule has 0 spiro atoms. The molecule has 0 fully saturated rings. The number of rotatable bonds is 11. The van der Waals surface area contributed by atoms with Crippen LogP contribution in [0.15, 0.2) is 71.9 Å². The van der Waals surface area contributed by atoms with E-state index in [1.165, 1.54) is 36.2 Å². The summed E-state index contributed by atoms with van der Waals surface area (Å²) < 4.78 is 34.2. The quantitative estimate of drug-likeness (QED) is 0.238. The molecule has 0 saturated carbocycles. The van der Waals surface area contributed by atoms with Gasteiger partial charge in [0.25, 0.3) is 0 Å². The van der Waals surface area contributed by atoms with Crippen molar-refractivity contribution in [1.82, 2.24) is 9.97 Å². The molecular formula is C27H29N5O5S. The first kappa shape index (κ1) is 26.8. The van der Waals surface area contributed by atoms with Crippen molar-refractivity contribution in [2.24, 2.45) is 5.14 Å². The zero-order chi connectivity index (χ0) is 27.1. The van der Waals surface area contributed by atoms with Crippen molar-refractivity contribution in [3.05, 3.63) is 72.6 Å². The Kier molecular flexibility index (Phi) is 8.39. The predicted molar refractivity (Wildman–Crippen MR) is 146 cm³/mol. The van der Waals surface area contributed by atoms with E-state index in [0.717, 1.165) is 11.1 Å². The number of carbonyl (C=O) groups is 1. The molecule has 3 aromatic carbocycles. The minimum Gasteiger partial charge on any atom is -0.493 e. The number of carbonyl (C=O) groups excluding carboxylic acids is 1. The number of hydrogen-bond acceptors (Lipinski definition) is 8. The van der Waals surface area contributed by atoms with Crippen LogP contribution in [-0.4, -0.2) is 38.0 Å². The molecule has 0 atom stereocenters. The van der Waals surface area contributed by atoms with E-state index in [2.05, 4.69) is 20.6 Å². The summed E-state index contributed by atoms with van der Waals surface area (Å²) >= 11 is 0. The molecule has 4 aromatic rings. The summed E-state index contributed by atoms with van der Waals surface area (Å²) in [6.45, 7) is 2.41. The number of benzene rings is 3. The Labute approximate surface area is 221 Å². The number of aromatic nitrogens is 2. The zero-order valence-electron chi connectivity index (χ0n) is 21.1. The lowest BCUT2D eigenvalue weighted by Gasteiger charge is -2.14. The van der Waals surface area contributed by atoms with Crippen molar-refractivity contribution in [2.45, 2.75) is 31.1 Å². The van der Waals surface area contributed by atoms with E-state index < -0.39 is 10.0 Å². The number of primary sulfonamides is 1. The Bertz CT molecular complexity index is 1520. The van der Waals surface area contributed by atoms with Crippen LogP contribution in [0.5, 0.6) is 11.5 Å². The van der Waals surface area contributed by atoms with Crippen LogP contribution in [0.4, 0.5) is 17.2 Å².